The summed E-state index contributed by atoms with van der Waals surface area (Å²) in [6.45, 7) is 0. The van der Waals surface area contributed by atoms with Gasteiger partial charge in [0.05, 0.1) is 11.0 Å². The fraction of sp³-hybridized carbons (Fsp3) is 0. The molecule has 153 valence electrons. The third-order valence-electron chi connectivity index (χ3n) is 3.85. The molecule has 0 aliphatic heterocycles. The van der Waals surface area contributed by atoms with Gasteiger partial charge >= 0.3 is 15.6 Å². The van der Waals surface area contributed by atoms with Crippen molar-refractivity contribution in [3.8, 4) is 11.5 Å². The maximum absolute atomic E-state index is 12.3. The molecular formula is C16H12Cl2N2NaO7P2. The Labute approximate surface area is 201 Å². The van der Waals surface area contributed by atoms with E-state index in [9.17, 15) is 18.9 Å². The van der Waals surface area contributed by atoms with Crippen LogP contribution in [-0.2, 0) is 13.4 Å². The van der Waals surface area contributed by atoms with Gasteiger partial charge in [0.2, 0.25) is 0 Å². The van der Waals surface area contributed by atoms with Gasteiger partial charge in [-0.2, -0.15) is 4.31 Å². The normalized spacial score (nSPS) is 15.3. The number of hydrogen-bond acceptors (Lipinski definition) is 5. The number of phosphoric ester groups is 2. The van der Waals surface area contributed by atoms with Crippen molar-refractivity contribution in [2.45, 2.75) is 0 Å². The zero-order valence-corrected chi connectivity index (χ0v) is 20.5. The van der Waals surface area contributed by atoms with Gasteiger partial charge in [-0.3, -0.25) is 9.79 Å². The monoisotopic (exact) mass is 499 g/mol. The Kier molecular flexibility index (Phi) is 7.02. The molecule has 2 atom stereocenters. The van der Waals surface area contributed by atoms with Crippen LogP contribution in [0.3, 0.4) is 0 Å². The summed E-state index contributed by atoms with van der Waals surface area (Å²) in [5.74, 6) is -0.131. The van der Waals surface area contributed by atoms with Crippen molar-refractivity contribution in [3.63, 3.8) is 0 Å². The molecule has 2 aromatic heterocycles. The van der Waals surface area contributed by atoms with Crippen LogP contribution < -0.4 is 9.05 Å². The molecule has 4 aromatic rings. The summed E-state index contributed by atoms with van der Waals surface area (Å²) in [6.07, 6.45) is 2.58. The number of H-pyrrole nitrogens is 2. The zero-order chi connectivity index (χ0) is 20.8. The molecular weight excluding hydrogens is 488 g/mol. The summed E-state index contributed by atoms with van der Waals surface area (Å²) in [5.41, 5.74) is 1.07. The molecule has 0 aliphatic carbocycles. The molecule has 9 nitrogen and oxygen atoms in total. The predicted octanol–water partition coefficient (Wildman–Crippen LogP) is 5.25. The van der Waals surface area contributed by atoms with Crippen molar-refractivity contribution in [2.24, 2.45) is 0 Å². The number of hydrogen-bond donors (Lipinski definition) is 4. The van der Waals surface area contributed by atoms with Crippen molar-refractivity contribution in [2.75, 3.05) is 0 Å². The Morgan fingerprint density at radius 3 is 1.57 bits per heavy atom. The molecule has 0 saturated heterocycles. The van der Waals surface area contributed by atoms with Gasteiger partial charge in [-0.15, -0.1) is 0 Å². The summed E-state index contributed by atoms with van der Waals surface area (Å²) >= 11 is 11.8. The molecule has 2 heterocycles. The summed E-state index contributed by atoms with van der Waals surface area (Å²) < 4.78 is 38.8. The number of phosphoric acid groups is 2. The maximum atomic E-state index is 12.3. The molecule has 0 aliphatic rings. The van der Waals surface area contributed by atoms with Gasteiger partial charge in [0, 0.05) is 62.8 Å². The van der Waals surface area contributed by atoms with Crippen LogP contribution in [0.4, 0.5) is 0 Å². The van der Waals surface area contributed by atoms with Gasteiger partial charge in [0.25, 0.3) is 0 Å². The average Bonchev–Trinajstić information content (AvgIpc) is 3.16. The van der Waals surface area contributed by atoms with E-state index in [0.717, 1.165) is 0 Å². The van der Waals surface area contributed by atoms with E-state index in [0.29, 0.717) is 31.9 Å². The van der Waals surface area contributed by atoms with Crippen molar-refractivity contribution < 1.29 is 32.3 Å². The van der Waals surface area contributed by atoms with Gasteiger partial charge in [-0.25, -0.2) is 9.13 Å². The van der Waals surface area contributed by atoms with E-state index in [-0.39, 0.29) is 41.1 Å². The first-order valence-electron chi connectivity index (χ1n) is 7.91. The van der Waals surface area contributed by atoms with Crippen LogP contribution in [0.2, 0.25) is 10.0 Å². The van der Waals surface area contributed by atoms with Gasteiger partial charge in [-0.05, 0) is 36.4 Å². The second-order valence-corrected chi connectivity index (χ2v) is 9.65. The predicted molar refractivity (Wildman–Crippen MR) is 114 cm³/mol. The summed E-state index contributed by atoms with van der Waals surface area (Å²) in [4.78, 5) is 25.5. The van der Waals surface area contributed by atoms with E-state index in [2.05, 4.69) is 14.3 Å². The molecule has 0 fully saturated rings. The minimum Gasteiger partial charge on any atom is -0.402 e. The van der Waals surface area contributed by atoms with Crippen molar-refractivity contribution in [1.82, 2.24) is 9.97 Å². The van der Waals surface area contributed by atoms with E-state index in [1.54, 1.807) is 36.4 Å². The van der Waals surface area contributed by atoms with E-state index < -0.39 is 15.6 Å². The Bertz CT molecular complexity index is 1230. The molecule has 0 amide bonds. The molecule has 2 unspecified atom stereocenters. The molecule has 0 saturated carbocycles. The number of fused-ring (bicyclic) bond motifs is 2. The summed E-state index contributed by atoms with van der Waals surface area (Å²) in [7, 11) is -10.1. The number of rotatable bonds is 6. The van der Waals surface area contributed by atoms with Crippen molar-refractivity contribution in [3.05, 3.63) is 58.8 Å². The third kappa shape index (κ3) is 5.26. The van der Waals surface area contributed by atoms with E-state index in [4.69, 9.17) is 32.2 Å². The largest absolute Gasteiger partial charge is 0.537 e. The SMILES string of the molecule is O=P(O)(Oc1c[nH]c2cc(Cl)ccc12)OP(=O)(O)Oc1c[nH]c2cc(Cl)ccc12.[Na]. The van der Waals surface area contributed by atoms with Gasteiger partial charge in [0.15, 0.2) is 11.5 Å². The van der Waals surface area contributed by atoms with Crippen LogP contribution in [0, 0.1) is 0 Å². The van der Waals surface area contributed by atoms with E-state index >= 15 is 0 Å². The molecule has 30 heavy (non-hydrogen) atoms. The standard InChI is InChI=1S/C16H12Cl2N2O7P2.Na/c17-9-1-3-11-13(5-9)19-7-15(11)25-28(21,22)27-29(23,24)26-16-8-20-14-6-10(18)2-4-12(14)16;/h1-8,19-20H,(H,21,22)(H,23,24);. The van der Waals surface area contributed by atoms with Crippen molar-refractivity contribution >= 4 is 90.2 Å². The number of aromatic nitrogens is 2. The average molecular weight is 500 g/mol. The molecule has 1 radical (unpaired) electrons. The van der Waals surface area contributed by atoms with E-state index in [1.165, 1.54) is 12.4 Å². The number of nitrogens with one attached hydrogen (secondary N) is 2. The van der Waals surface area contributed by atoms with Crippen molar-refractivity contribution in [1.29, 1.82) is 0 Å². The third-order valence-corrected chi connectivity index (χ3v) is 6.82. The minimum atomic E-state index is -5.03. The van der Waals surface area contributed by atoms with Crippen LogP contribution in [-0.4, -0.2) is 49.3 Å². The second kappa shape index (κ2) is 8.88. The Balaban J connectivity index is 0.00000256. The maximum Gasteiger partial charge on any atom is 0.537 e. The fourth-order valence-corrected chi connectivity index (χ4v) is 5.16. The second-order valence-electron chi connectivity index (χ2n) is 5.89. The van der Waals surface area contributed by atoms with Crippen LogP contribution in [0.1, 0.15) is 0 Å². The van der Waals surface area contributed by atoms with Crippen LogP contribution in [0.25, 0.3) is 21.8 Å². The first kappa shape index (κ1) is 23.7. The summed E-state index contributed by atoms with van der Waals surface area (Å²) in [6, 6.07) is 9.37. The van der Waals surface area contributed by atoms with Crippen LogP contribution in [0.5, 0.6) is 11.5 Å². The number of benzene rings is 2. The smallest absolute Gasteiger partial charge is 0.402 e. The quantitative estimate of drug-likeness (QED) is 0.210. The van der Waals surface area contributed by atoms with Gasteiger partial charge in [0.1, 0.15) is 0 Å². The molecule has 4 N–H and O–H groups in total. The van der Waals surface area contributed by atoms with Gasteiger partial charge in [-0.1, -0.05) is 23.2 Å². The first-order chi connectivity index (χ1) is 13.6. The number of halogens is 2. The fourth-order valence-electron chi connectivity index (χ4n) is 2.71. The molecule has 4 rings (SSSR count). The van der Waals surface area contributed by atoms with Crippen LogP contribution >= 0.6 is 38.8 Å². The summed E-state index contributed by atoms with van der Waals surface area (Å²) in [5, 5.41) is 1.74. The van der Waals surface area contributed by atoms with E-state index in [1.807, 2.05) is 0 Å². The minimum absolute atomic E-state index is 0. The van der Waals surface area contributed by atoms with Crippen LogP contribution in [0.15, 0.2) is 48.8 Å². The van der Waals surface area contributed by atoms with Gasteiger partial charge < -0.3 is 19.0 Å². The molecule has 2 aromatic carbocycles. The molecule has 0 spiro atoms. The molecule has 0 bridgehead atoms. The Morgan fingerprint density at radius 1 is 0.767 bits per heavy atom. The zero-order valence-electron chi connectivity index (χ0n) is 15.2. The first-order valence-corrected chi connectivity index (χ1v) is 11.7. The topological polar surface area (TPSA) is 134 Å². The molecule has 14 heteroatoms. The Hall–Kier alpha value is -0.960. The Morgan fingerprint density at radius 2 is 1.17 bits per heavy atom. The number of aromatic amines is 2.